The number of aromatic nitrogens is 2. The molecular weight excluding hydrogens is 278 g/mol. The molecule has 1 fully saturated rings. The number of nitrogens with one attached hydrogen (secondary N) is 1. The average Bonchev–Trinajstić information content (AvgIpc) is 3.04. The van der Waals surface area contributed by atoms with Crippen molar-refractivity contribution < 1.29 is 20.1 Å². The molecule has 0 radical (unpaired) electrons. The summed E-state index contributed by atoms with van der Waals surface area (Å²) in [6, 6.07) is -0.477. The van der Waals surface area contributed by atoms with Crippen LogP contribution in [0.2, 0.25) is 0 Å². The van der Waals surface area contributed by atoms with Gasteiger partial charge in [-0.1, -0.05) is 0 Å². The van der Waals surface area contributed by atoms with E-state index in [0.717, 1.165) is 0 Å². The van der Waals surface area contributed by atoms with Crippen LogP contribution in [0.1, 0.15) is 18.0 Å². The van der Waals surface area contributed by atoms with Crippen molar-refractivity contribution in [1.82, 2.24) is 9.55 Å². The Morgan fingerprint density at radius 3 is 2.81 bits per heavy atom. The first kappa shape index (κ1) is 14.1. The molecule has 3 heterocycles. The van der Waals surface area contributed by atoms with Gasteiger partial charge in [0.05, 0.1) is 19.3 Å². The largest absolute Gasteiger partial charge is 0.394 e. The molecule has 0 aliphatic carbocycles. The zero-order chi connectivity index (χ0) is 15.1. The lowest BCUT2D eigenvalue weighted by atomic mass is 10.1. The van der Waals surface area contributed by atoms with Crippen LogP contribution in [-0.2, 0) is 4.74 Å². The SMILES string of the molecule is CN1C=NC(C=N)c2ncn([C@@H]3O[C@H](CO)[C@@H](O)[C@H]3O)c21. The van der Waals surface area contributed by atoms with Crippen LogP contribution in [0.3, 0.4) is 0 Å². The second kappa shape index (κ2) is 5.19. The predicted octanol–water partition coefficient (Wildman–Crippen LogP) is -1.34. The van der Waals surface area contributed by atoms with Crippen molar-refractivity contribution in [3.8, 4) is 0 Å². The number of ether oxygens (including phenoxy) is 1. The van der Waals surface area contributed by atoms with Gasteiger partial charge in [0, 0.05) is 13.3 Å². The van der Waals surface area contributed by atoms with Crippen LogP contribution < -0.4 is 4.90 Å². The molecule has 1 aromatic heterocycles. The Bertz CT molecular complexity index is 574. The first-order valence-electron chi connectivity index (χ1n) is 6.54. The Morgan fingerprint density at radius 1 is 1.43 bits per heavy atom. The monoisotopic (exact) mass is 295 g/mol. The summed E-state index contributed by atoms with van der Waals surface area (Å²) in [6.45, 7) is -0.383. The van der Waals surface area contributed by atoms with Gasteiger partial charge in [0.2, 0.25) is 0 Å². The van der Waals surface area contributed by atoms with Gasteiger partial charge in [-0.25, -0.2) is 4.98 Å². The van der Waals surface area contributed by atoms with E-state index in [1.165, 1.54) is 12.5 Å². The quantitative estimate of drug-likeness (QED) is 0.511. The minimum absolute atomic E-state index is 0.383. The van der Waals surface area contributed by atoms with Gasteiger partial charge in [0.25, 0.3) is 0 Å². The number of imidazole rings is 1. The van der Waals surface area contributed by atoms with Crippen molar-refractivity contribution in [3.63, 3.8) is 0 Å². The zero-order valence-electron chi connectivity index (χ0n) is 11.4. The molecule has 0 bridgehead atoms. The highest BCUT2D eigenvalue weighted by molar-refractivity contribution is 5.85. The summed E-state index contributed by atoms with van der Waals surface area (Å²) in [5.41, 5.74) is 0.577. The third-order valence-corrected chi connectivity index (χ3v) is 3.76. The second-order valence-corrected chi connectivity index (χ2v) is 5.08. The third-order valence-electron chi connectivity index (χ3n) is 3.76. The van der Waals surface area contributed by atoms with Crippen molar-refractivity contribution in [1.29, 1.82) is 5.41 Å². The molecule has 9 nitrogen and oxygen atoms in total. The maximum Gasteiger partial charge on any atom is 0.165 e. The lowest BCUT2D eigenvalue weighted by Gasteiger charge is -2.26. The van der Waals surface area contributed by atoms with Gasteiger partial charge < -0.3 is 30.4 Å². The highest BCUT2D eigenvalue weighted by Crippen LogP contribution is 2.36. The fraction of sp³-hybridized carbons (Fsp3) is 0.583. The van der Waals surface area contributed by atoms with Crippen molar-refractivity contribution in [2.24, 2.45) is 4.99 Å². The lowest BCUT2D eigenvalue weighted by Crippen LogP contribution is -2.34. The van der Waals surface area contributed by atoms with E-state index < -0.39 is 30.6 Å². The molecule has 21 heavy (non-hydrogen) atoms. The molecule has 0 aromatic carbocycles. The van der Waals surface area contributed by atoms with Crippen molar-refractivity contribution in [2.75, 3.05) is 18.6 Å². The summed E-state index contributed by atoms with van der Waals surface area (Å²) in [6.07, 6.45) is 0.185. The molecule has 0 amide bonds. The Hall–Kier alpha value is -1.81. The summed E-state index contributed by atoms with van der Waals surface area (Å²) >= 11 is 0. The highest BCUT2D eigenvalue weighted by Gasteiger charge is 2.44. The number of hydrogen-bond donors (Lipinski definition) is 4. The number of nitrogens with zero attached hydrogens (tertiary/aromatic N) is 4. The van der Waals surface area contributed by atoms with E-state index in [9.17, 15) is 10.2 Å². The third kappa shape index (κ3) is 2.05. The molecule has 0 saturated carbocycles. The first-order valence-corrected chi connectivity index (χ1v) is 6.54. The molecule has 2 aliphatic rings. The minimum atomic E-state index is -1.17. The van der Waals surface area contributed by atoms with Crippen LogP contribution >= 0.6 is 0 Å². The van der Waals surface area contributed by atoms with Crippen LogP contribution in [0, 0.1) is 5.41 Å². The van der Waals surface area contributed by atoms with Crippen LogP contribution in [0.25, 0.3) is 0 Å². The maximum atomic E-state index is 10.1. The fourth-order valence-electron chi connectivity index (χ4n) is 2.66. The predicted molar refractivity (Wildman–Crippen MR) is 73.7 cm³/mol. The Kier molecular flexibility index (Phi) is 3.49. The summed E-state index contributed by atoms with van der Waals surface area (Å²) < 4.78 is 7.09. The molecule has 2 aliphatic heterocycles. The van der Waals surface area contributed by atoms with Crippen molar-refractivity contribution >= 4 is 18.4 Å². The van der Waals surface area contributed by atoms with Gasteiger partial charge in [0.1, 0.15) is 35.9 Å². The Morgan fingerprint density at radius 2 is 2.19 bits per heavy atom. The first-order chi connectivity index (χ1) is 10.1. The molecule has 114 valence electrons. The van der Waals surface area contributed by atoms with E-state index in [1.54, 1.807) is 22.9 Å². The zero-order valence-corrected chi connectivity index (χ0v) is 11.4. The Labute approximate surface area is 120 Å². The summed E-state index contributed by atoms with van der Waals surface area (Å²) in [5, 5.41) is 36.5. The average molecular weight is 295 g/mol. The van der Waals surface area contributed by atoms with Gasteiger partial charge in [-0.15, -0.1) is 0 Å². The van der Waals surface area contributed by atoms with Gasteiger partial charge in [-0.3, -0.25) is 9.56 Å². The van der Waals surface area contributed by atoms with Crippen LogP contribution in [0.4, 0.5) is 5.82 Å². The van der Waals surface area contributed by atoms with Gasteiger partial charge in [-0.05, 0) is 0 Å². The number of rotatable bonds is 3. The number of anilines is 1. The number of aliphatic hydroxyl groups excluding tert-OH is 3. The standard InChI is InChI=1S/C12H17N5O4/c1-16-4-14-6(2-13)8-11(16)17(5-15-8)12-10(20)9(19)7(3-18)21-12/h2,4-7,9-10,12-13,18-20H,3H2,1H3/t6?,7-,9-,10-,12-/m1/s1. The molecule has 1 saturated heterocycles. The summed E-state index contributed by atoms with van der Waals surface area (Å²) in [5.74, 6) is 0.633. The highest BCUT2D eigenvalue weighted by atomic mass is 16.6. The van der Waals surface area contributed by atoms with Crippen molar-refractivity contribution in [3.05, 3.63) is 12.0 Å². The summed E-state index contributed by atoms with van der Waals surface area (Å²) in [4.78, 5) is 10.1. The van der Waals surface area contributed by atoms with E-state index in [1.807, 2.05) is 0 Å². The maximum absolute atomic E-state index is 10.1. The molecule has 0 spiro atoms. The van der Waals surface area contributed by atoms with Gasteiger partial charge >= 0.3 is 0 Å². The van der Waals surface area contributed by atoms with E-state index in [0.29, 0.717) is 11.5 Å². The normalized spacial score (nSPS) is 35.0. The van der Waals surface area contributed by atoms with E-state index >= 15 is 0 Å². The fourth-order valence-corrected chi connectivity index (χ4v) is 2.66. The second-order valence-electron chi connectivity index (χ2n) is 5.08. The van der Waals surface area contributed by atoms with Gasteiger partial charge in [0.15, 0.2) is 6.23 Å². The molecule has 1 aromatic rings. The molecule has 3 rings (SSSR count). The van der Waals surface area contributed by atoms with Crippen LogP contribution in [-0.4, -0.2) is 69.4 Å². The molecule has 1 unspecified atom stereocenters. The smallest absolute Gasteiger partial charge is 0.165 e. The van der Waals surface area contributed by atoms with Crippen molar-refractivity contribution in [2.45, 2.75) is 30.6 Å². The number of fused-ring (bicyclic) bond motifs is 1. The lowest BCUT2D eigenvalue weighted by molar-refractivity contribution is -0.0520. The molecule has 9 heteroatoms. The molecule has 5 atom stereocenters. The topological polar surface area (TPSA) is 127 Å². The molecular formula is C12H17N5O4. The van der Waals surface area contributed by atoms with E-state index in [-0.39, 0.29) is 6.61 Å². The van der Waals surface area contributed by atoms with Gasteiger partial charge in [-0.2, -0.15) is 0 Å². The minimum Gasteiger partial charge on any atom is -0.394 e. The number of hydrogen-bond acceptors (Lipinski definition) is 8. The molecule has 4 N–H and O–H groups in total. The van der Waals surface area contributed by atoms with E-state index in [2.05, 4.69) is 9.98 Å². The van der Waals surface area contributed by atoms with Crippen LogP contribution in [0.5, 0.6) is 0 Å². The Balaban J connectivity index is 1.99. The summed E-state index contributed by atoms with van der Waals surface area (Å²) in [7, 11) is 1.77. The van der Waals surface area contributed by atoms with Crippen LogP contribution in [0.15, 0.2) is 11.3 Å². The number of aliphatic hydroxyl groups is 3. The number of aliphatic imine (C=N–C) groups is 1. The van der Waals surface area contributed by atoms with E-state index in [4.69, 9.17) is 15.3 Å².